The molecule has 1 aliphatic rings. The summed E-state index contributed by atoms with van der Waals surface area (Å²) in [7, 11) is 1.49. The number of ketones is 1. The van der Waals surface area contributed by atoms with Crippen LogP contribution in [-0.4, -0.2) is 95.0 Å². The molecule has 1 amide bonds. The summed E-state index contributed by atoms with van der Waals surface area (Å²) in [6.07, 6.45) is 6.24. The van der Waals surface area contributed by atoms with Gasteiger partial charge in [-0.15, -0.1) is 5.10 Å². The molecule has 0 unspecified atom stereocenters. The molecule has 0 spiro atoms. The number of pyridine rings is 2. The van der Waals surface area contributed by atoms with Crippen LogP contribution in [0.25, 0.3) is 28.1 Å². The number of anilines is 1. The second-order valence-electron chi connectivity index (χ2n) is 8.66. The van der Waals surface area contributed by atoms with Gasteiger partial charge in [0.05, 0.1) is 35.5 Å². The van der Waals surface area contributed by atoms with Crippen LogP contribution in [0, 0.1) is 6.92 Å². The summed E-state index contributed by atoms with van der Waals surface area (Å²) in [4.78, 5) is 46.3. The molecule has 0 bridgehead atoms. The molecular formula is C24H23N11O3. The highest BCUT2D eigenvalue weighted by Crippen LogP contribution is 2.32. The number of fused-ring (bicyclic) bond motifs is 1. The Balaban J connectivity index is 1.22. The third-order valence-corrected chi connectivity index (χ3v) is 6.44. The smallest absolute Gasteiger partial charge is 0.295 e. The number of methoxy groups -OCH3 is 1. The average Bonchev–Trinajstić information content (AvgIpc) is 3.72. The van der Waals surface area contributed by atoms with Crippen molar-refractivity contribution < 1.29 is 14.3 Å². The molecule has 1 aliphatic heterocycles. The van der Waals surface area contributed by atoms with Crippen molar-refractivity contribution in [1.29, 1.82) is 0 Å². The lowest BCUT2D eigenvalue weighted by molar-refractivity contribution is -0.126. The van der Waals surface area contributed by atoms with E-state index in [1.807, 2.05) is 23.1 Å². The summed E-state index contributed by atoms with van der Waals surface area (Å²) < 4.78 is 6.97. The largest absolute Gasteiger partial charge is 0.494 e. The van der Waals surface area contributed by atoms with Gasteiger partial charge in [-0.2, -0.15) is 15.4 Å². The van der Waals surface area contributed by atoms with Crippen LogP contribution in [0.15, 0.2) is 43.1 Å². The number of aromatic nitrogens is 9. The number of nitrogens with zero attached hydrogens (tertiary/aromatic N) is 9. The molecule has 2 N–H and O–H groups in total. The zero-order valence-corrected chi connectivity index (χ0v) is 20.6. The van der Waals surface area contributed by atoms with E-state index < -0.39 is 11.7 Å². The molecule has 5 aromatic heterocycles. The molecule has 1 saturated heterocycles. The molecule has 0 saturated carbocycles. The van der Waals surface area contributed by atoms with E-state index >= 15 is 0 Å². The van der Waals surface area contributed by atoms with Crippen molar-refractivity contribution in [1.82, 2.24) is 50.0 Å². The maximum absolute atomic E-state index is 13.4. The number of piperazine rings is 1. The first-order chi connectivity index (χ1) is 18.5. The molecule has 14 nitrogen and oxygen atoms in total. The number of hydrogen-bond donors (Lipinski definition) is 2. The number of Topliss-reactive ketones (excluding diaryl/α,β-unsaturated/α-hetero) is 1. The molecule has 6 rings (SSSR count). The van der Waals surface area contributed by atoms with Gasteiger partial charge in [-0.3, -0.25) is 14.6 Å². The fourth-order valence-corrected chi connectivity index (χ4v) is 4.56. The van der Waals surface area contributed by atoms with Gasteiger partial charge in [-0.25, -0.2) is 14.6 Å². The number of carbonyl (C=O) groups excluding carboxylic acids is 2. The van der Waals surface area contributed by atoms with E-state index in [9.17, 15) is 9.59 Å². The van der Waals surface area contributed by atoms with E-state index in [1.165, 1.54) is 30.5 Å². The fraction of sp³-hybridized carbons (Fsp3) is 0.250. The number of aromatic amines is 2. The first-order valence-corrected chi connectivity index (χ1v) is 11.9. The van der Waals surface area contributed by atoms with Gasteiger partial charge in [0.2, 0.25) is 0 Å². The SMILES string of the molecule is COc1cnc(-n2cnc(C)n2)c2[nH]cc(C(=O)C(=O)N3CCN(c4n[nH]nc4-c4ccccn4)CC3)c12. The van der Waals surface area contributed by atoms with Gasteiger partial charge in [0.1, 0.15) is 17.9 Å². The highest BCUT2D eigenvalue weighted by atomic mass is 16.5. The second-order valence-corrected chi connectivity index (χ2v) is 8.66. The maximum Gasteiger partial charge on any atom is 0.295 e. The first-order valence-electron chi connectivity index (χ1n) is 11.9. The Kier molecular flexibility index (Phi) is 5.75. The van der Waals surface area contributed by atoms with Crippen molar-refractivity contribution >= 4 is 28.4 Å². The molecule has 6 heterocycles. The molecule has 1 fully saturated rings. The van der Waals surface area contributed by atoms with Gasteiger partial charge in [0.25, 0.3) is 11.7 Å². The van der Waals surface area contributed by atoms with Crippen LogP contribution in [-0.2, 0) is 4.79 Å². The number of amides is 1. The third kappa shape index (κ3) is 3.91. The minimum atomic E-state index is -0.634. The van der Waals surface area contributed by atoms with E-state index in [0.29, 0.717) is 71.7 Å². The van der Waals surface area contributed by atoms with Crippen LogP contribution in [0.1, 0.15) is 16.2 Å². The summed E-state index contributed by atoms with van der Waals surface area (Å²) in [5, 5.41) is 16.0. The molecule has 192 valence electrons. The first kappa shape index (κ1) is 23.3. The molecule has 0 radical (unpaired) electrons. The van der Waals surface area contributed by atoms with E-state index in [2.05, 4.69) is 40.4 Å². The van der Waals surface area contributed by atoms with E-state index in [1.54, 1.807) is 18.0 Å². The minimum absolute atomic E-state index is 0.207. The number of rotatable bonds is 6. The number of carbonyl (C=O) groups is 2. The van der Waals surface area contributed by atoms with Gasteiger partial charge < -0.3 is 19.5 Å². The van der Waals surface area contributed by atoms with Crippen molar-refractivity contribution in [3.8, 4) is 23.0 Å². The summed E-state index contributed by atoms with van der Waals surface area (Å²) in [6.45, 7) is 3.44. The van der Waals surface area contributed by atoms with Gasteiger partial charge in [-0.05, 0) is 19.1 Å². The van der Waals surface area contributed by atoms with Gasteiger partial charge in [-0.1, -0.05) is 6.07 Å². The summed E-state index contributed by atoms with van der Waals surface area (Å²) in [6, 6.07) is 5.58. The van der Waals surface area contributed by atoms with Crippen LogP contribution in [0.4, 0.5) is 5.82 Å². The van der Waals surface area contributed by atoms with Gasteiger partial charge in [0.15, 0.2) is 17.3 Å². The Morgan fingerprint density at radius 2 is 1.87 bits per heavy atom. The highest BCUT2D eigenvalue weighted by molar-refractivity contribution is 6.45. The number of nitrogens with one attached hydrogen (secondary N) is 2. The second kappa shape index (κ2) is 9.38. The Labute approximate surface area is 215 Å². The lowest BCUT2D eigenvalue weighted by Gasteiger charge is -2.34. The normalized spacial score (nSPS) is 13.7. The van der Waals surface area contributed by atoms with Crippen LogP contribution in [0.2, 0.25) is 0 Å². The maximum atomic E-state index is 13.4. The van der Waals surface area contributed by atoms with Crippen molar-refractivity contribution in [3.63, 3.8) is 0 Å². The lowest BCUT2D eigenvalue weighted by Crippen LogP contribution is -2.50. The van der Waals surface area contributed by atoms with E-state index in [4.69, 9.17) is 4.74 Å². The molecule has 14 heteroatoms. The Hall–Kier alpha value is -5.14. The molecule has 0 aliphatic carbocycles. The topological polar surface area (TPSA) is 164 Å². The van der Waals surface area contributed by atoms with E-state index in [-0.39, 0.29) is 5.56 Å². The van der Waals surface area contributed by atoms with Crippen molar-refractivity contribution in [3.05, 3.63) is 54.5 Å². The number of H-pyrrole nitrogens is 2. The molecule has 5 aromatic rings. The third-order valence-electron chi connectivity index (χ3n) is 6.44. The van der Waals surface area contributed by atoms with Crippen LogP contribution in [0.5, 0.6) is 5.75 Å². The van der Waals surface area contributed by atoms with Crippen molar-refractivity contribution in [2.75, 3.05) is 38.2 Å². The summed E-state index contributed by atoms with van der Waals surface area (Å²) >= 11 is 0. The molecular weight excluding hydrogens is 490 g/mol. The van der Waals surface area contributed by atoms with Crippen molar-refractivity contribution in [2.24, 2.45) is 0 Å². The van der Waals surface area contributed by atoms with Crippen LogP contribution in [0.3, 0.4) is 0 Å². The zero-order valence-electron chi connectivity index (χ0n) is 20.6. The van der Waals surface area contributed by atoms with Gasteiger partial charge in [0, 0.05) is 38.6 Å². The van der Waals surface area contributed by atoms with Gasteiger partial charge >= 0.3 is 0 Å². The molecule has 0 atom stereocenters. The minimum Gasteiger partial charge on any atom is -0.494 e. The predicted molar refractivity (Wildman–Crippen MR) is 135 cm³/mol. The Morgan fingerprint density at radius 1 is 1.03 bits per heavy atom. The quantitative estimate of drug-likeness (QED) is 0.249. The number of ether oxygens (including phenoxy) is 1. The molecule has 38 heavy (non-hydrogen) atoms. The number of hydrogen-bond acceptors (Lipinski definition) is 10. The van der Waals surface area contributed by atoms with Crippen LogP contribution >= 0.6 is 0 Å². The highest BCUT2D eigenvalue weighted by Gasteiger charge is 2.31. The van der Waals surface area contributed by atoms with Crippen LogP contribution < -0.4 is 9.64 Å². The zero-order chi connectivity index (χ0) is 26.2. The summed E-state index contributed by atoms with van der Waals surface area (Å²) in [5.74, 6) is 0.824. The fourth-order valence-electron chi connectivity index (χ4n) is 4.56. The van der Waals surface area contributed by atoms with Crippen molar-refractivity contribution in [2.45, 2.75) is 6.92 Å². The Bertz CT molecular complexity index is 1630. The lowest BCUT2D eigenvalue weighted by atomic mass is 10.1. The number of aryl methyl sites for hydroxylation is 1. The summed E-state index contributed by atoms with van der Waals surface area (Å²) in [5.41, 5.74) is 2.06. The average molecular weight is 514 g/mol. The van der Waals surface area contributed by atoms with E-state index in [0.717, 1.165) is 0 Å². The Morgan fingerprint density at radius 3 is 2.58 bits per heavy atom. The molecule has 0 aromatic carbocycles. The standard InChI is InChI=1S/C24H23N11O3/c1-14-28-13-35(31-14)22-20-18(17(38-2)12-27-22)15(11-26-20)21(36)24(37)34-9-7-33(8-10-34)23-19(29-32-30-23)16-5-3-4-6-25-16/h3-6,11-13,26H,7-10H2,1-2H3,(H,29,30,32). The predicted octanol–water partition coefficient (Wildman–Crippen LogP) is 1.17. The monoisotopic (exact) mass is 513 g/mol.